The number of benzene rings is 1. The van der Waals surface area contributed by atoms with E-state index in [1.165, 1.54) is 5.56 Å². The van der Waals surface area contributed by atoms with E-state index in [2.05, 4.69) is 39.2 Å². The third kappa shape index (κ3) is 4.64. The van der Waals surface area contributed by atoms with Crippen LogP contribution < -0.4 is 14.8 Å². The van der Waals surface area contributed by atoms with Gasteiger partial charge in [0.1, 0.15) is 0 Å². The minimum absolute atomic E-state index is 0.394. The summed E-state index contributed by atoms with van der Waals surface area (Å²) in [5.74, 6) is 1.61. The number of hydrogen-bond donors (Lipinski definition) is 1. The zero-order chi connectivity index (χ0) is 17.6. The first-order chi connectivity index (χ1) is 12.2. The summed E-state index contributed by atoms with van der Waals surface area (Å²) in [5, 5.41) is 3.46. The molecule has 0 bridgehead atoms. The van der Waals surface area contributed by atoms with E-state index in [1.54, 1.807) is 14.2 Å². The SMILES string of the molecule is COc1ccc(C(CN2CCN(C)CC2)N2CCNCC2)cc1OC. The van der Waals surface area contributed by atoms with Gasteiger partial charge in [-0.05, 0) is 24.7 Å². The molecule has 2 saturated heterocycles. The summed E-state index contributed by atoms with van der Waals surface area (Å²) in [6.07, 6.45) is 0. The van der Waals surface area contributed by atoms with Crippen LogP contribution in [0, 0.1) is 0 Å². The highest BCUT2D eigenvalue weighted by Crippen LogP contribution is 2.32. The van der Waals surface area contributed by atoms with E-state index >= 15 is 0 Å². The number of nitrogens with one attached hydrogen (secondary N) is 1. The fourth-order valence-corrected chi connectivity index (χ4v) is 3.76. The van der Waals surface area contributed by atoms with Crippen LogP contribution in [0.5, 0.6) is 11.5 Å². The van der Waals surface area contributed by atoms with E-state index in [9.17, 15) is 0 Å². The fourth-order valence-electron chi connectivity index (χ4n) is 3.76. The predicted molar refractivity (Wildman–Crippen MR) is 101 cm³/mol. The highest BCUT2D eigenvalue weighted by molar-refractivity contribution is 5.44. The van der Waals surface area contributed by atoms with Crippen molar-refractivity contribution in [3.8, 4) is 11.5 Å². The molecule has 0 saturated carbocycles. The van der Waals surface area contributed by atoms with Crippen molar-refractivity contribution < 1.29 is 9.47 Å². The summed E-state index contributed by atoms with van der Waals surface area (Å²) < 4.78 is 11.0. The van der Waals surface area contributed by atoms with Crippen LogP contribution >= 0.6 is 0 Å². The highest BCUT2D eigenvalue weighted by atomic mass is 16.5. The standard InChI is InChI=1S/C19H32N4O2/c1-21-10-12-22(13-11-21)15-17(23-8-6-20-7-9-23)16-4-5-18(24-2)19(14-16)25-3/h4-5,14,17,20H,6-13,15H2,1-3H3. The van der Waals surface area contributed by atoms with Crippen molar-refractivity contribution in [1.29, 1.82) is 0 Å². The Morgan fingerprint density at radius 3 is 2.28 bits per heavy atom. The van der Waals surface area contributed by atoms with Crippen LogP contribution in [0.1, 0.15) is 11.6 Å². The minimum atomic E-state index is 0.394. The van der Waals surface area contributed by atoms with Gasteiger partial charge in [-0.2, -0.15) is 0 Å². The lowest BCUT2D eigenvalue weighted by Gasteiger charge is -2.40. The number of nitrogens with zero attached hydrogens (tertiary/aromatic N) is 3. The van der Waals surface area contributed by atoms with Gasteiger partial charge in [0.2, 0.25) is 0 Å². The lowest BCUT2D eigenvalue weighted by molar-refractivity contribution is 0.0922. The summed E-state index contributed by atoms with van der Waals surface area (Å²) in [6.45, 7) is 9.97. The van der Waals surface area contributed by atoms with E-state index in [-0.39, 0.29) is 0 Å². The molecule has 1 unspecified atom stereocenters. The van der Waals surface area contributed by atoms with Gasteiger partial charge in [-0.15, -0.1) is 0 Å². The van der Waals surface area contributed by atoms with Gasteiger partial charge in [0.25, 0.3) is 0 Å². The van der Waals surface area contributed by atoms with E-state index < -0.39 is 0 Å². The van der Waals surface area contributed by atoms with Crippen LogP contribution in [0.4, 0.5) is 0 Å². The van der Waals surface area contributed by atoms with Crippen LogP contribution in [0.15, 0.2) is 18.2 Å². The van der Waals surface area contributed by atoms with Crippen LogP contribution in [0.25, 0.3) is 0 Å². The third-order valence-electron chi connectivity index (χ3n) is 5.41. The molecule has 25 heavy (non-hydrogen) atoms. The second-order valence-corrected chi connectivity index (χ2v) is 7.02. The van der Waals surface area contributed by atoms with Gasteiger partial charge in [0, 0.05) is 64.9 Å². The fraction of sp³-hybridized carbons (Fsp3) is 0.684. The molecule has 1 N–H and O–H groups in total. The molecule has 0 radical (unpaired) electrons. The van der Waals surface area contributed by atoms with Crippen molar-refractivity contribution in [3.63, 3.8) is 0 Å². The molecular weight excluding hydrogens is 316 g/mol. The average Bonchev–Trinajstić information content (AvgIpc) is 2.67. The Morgan fingerprint density at radius 1 is 0.960 bits per heavy atom. The topological polar surface area (TPSA) is 40.2 Å². The van der Waals surface area contributed by atoms with Gasteiger partial charge in [-0.1, -0.05) is 6.07 Å². The quantitative estimate of drug-likeness (QED) is 0.824. The molecule has 1 atom stereocenters. The molecule has 2 aliphatic heterocycles. The first-order valence-corrected chi connectivity index (χ1v) is 9.29. The Bertz CT molecular complexity index is 540. The lowest BCUT2D eigenvalue weighted by Crippen LogP contribution is -2.51. The lowest BCUT2D eigenvalue weighted by atomic mass is 10.0. The summed E-state index contributed by atoms with van der Waals surface area (Å²) in [6, 6.07) is 6.78. The van der Waals surface area contributed by atoms with Crippen molar-refractivity contribution in [3.05, 3.63) is 23.8 Å². The zero-order valence-electron chi connectivity index (χ0n) is 15.8. The van der Waals surface area contributed by atoms with Gasteiger partial charge >= 0.3 is 0 Å². The molecule has 2 aliphatic rings. The second-order valence-electron chi connectivity index (χ2n) is 7.02. The van der Waals surface area contributed by atoms with Crippen LogP contribution in [0.2, 0.25) is 0 Å². The molecule has 0 spiro atoms. The molecule has 2 fully saturated rings. The number of likely N-dealkylation sites (N-methyl/N-ethyl adjacent to an activating group) is 1. The molecule has 6 heteroatoms. The average molecular weight is 348 g/mol. The molecule has 1 aromatic carbocycles. The Balaban J connectivity index is 1.80. The van der Waals surface area contributed by atoms with Crippen molar-refractivity contribution in [1.82, 2.24) is 20.0 Å². The molecule has 1 aromatic rings. The van der Waals surface area contributed by atoms with Gasteiger partial charge in [0.15, 0.2) is 11.5 Å². The summed E-state index contributed by atoms with van der Waals surface area (Å²) in [5.41, 5.74) is 1.32. The predicted octanol–water partition coefficient (Wildman–Crippen LogP) is 0.898. The minimum Gasteiger partial charge on any atom is -0.493 e. The summed E-state index contributed by atoms with van der Waals surface area (Å²) in [7, 11) is 5.61. The van der Waals surface area contributed by atoms with Gasteiger partial charge in [-0.25, -0.2) is 0 Å². The van der Waals surface area contributed by atoms with Gasteiger partial charge < -0.3 is 19.7 Å². The molecule has 0 aliphatic carbocycles. The third-order valence-corrected chi connectivity index (χ3v) is 5.41. The van der Waals surface area contributed by atoms with Crippen LogP contribution in [-0.2, 0) is 0 Å². The van der Waals surface area contributed by atoms with Crippen LogP contribution in [0.3, 0.4) is 0 Å². The van der Waals surface area contributed by atoms with Gasteiger partial charge in [-0.3, -0.25) is 9.80 Å². The Hall–Kier alpha value is -1.34. The Kier molecular flexibility index (Phi) is 6.53. The molecule has 140 valence electrons. The van der Waals surface area contributed by atoms with E-state index in [0.29, 0.717) is 6.04 Å². The van der Waals surface area contributed by atoms with E-state index in [1.807, 2.05) is 6.07 Å². The van der Waals surface area contributed by atoms with Crippen molar-refractivity contribution >= 4 is 0 Å². The number of hydrogen-bond acceptors (Lipinski definition) is 6. The first kappa shape index (κ1) is 18.5. The molecular formula is C19H32N4O2. The van der Waals surface area contributed by atoms with E-state index in [4.69, 9.17) is 9.47 Å². The zero-order valence-corrected chi connectivity index (χ0v) is 15.8. The van der Waals surface area contributed by atoms with E-state index in [0.717, 1.165) is 70.4 Å². The number of ether oxygens (including phenoxy) is 2. The number of methoxy groups -OCH3 is 2. The Morgan fingerprint density at radius 2 is 1.64 bits per heavy atom. The summed E-state index contributed by atoms with van der Waals surface area (Å²) >= 11 is 0. The molecule has 2 heterocycles. The largest absolute Gasteiger partial charge is 0.493 e. The maximum atomic E-state index is 5.54. The monoisotopic (exact) mass is 348 g/mol. The normalized spacial score (nSPS) is 21.9. The second kappa shape index (κ2) is 8.85. The molecule has 3 rings (SSSR count). The number of piperazine rings is 2. The highest BCUT2D eigenvalue weighted by Gasteiger charge is 2.26. The van der Waals surface area contributed by atoms with Crippen LogP contribution in [-0.4, -0.2) is 94.9 Å². The molecule has 6 nitrogen and oxygen atoms in total. The van der Waals surface area contributed by atoms with Crippen molar-refractivity contribution in [2.45, 2.75) is 6.04 Å². The Labute approximate surface area is 151 Å². The molecule has 0 aromatic heterocycles. The molecule has 0 amide bonds. The summed E-state index contributed by atoms with van der Waals surface area (Å²) in [4.78, 5) is 7.62. The van der Waals surface area contributed by atoms with Crippen molar-refractivity contribution in [2.24, 2.45) is 0 Å². The van der Waals surface area contributed by atoms with Gasteiger partial charge in [0.05, 0.1) is 14.2 Å². The number of rotatable bonds is 6. The maximum absolute atomic E-state index is 5.54. The maximum Gasteiger partial charge on any atom is 0.161 e. The van der Waals surface area contributed by atoms with Crippen molar-refractivity contribution in [2.75, 3.05) is 80.2 Å². The first-order valence-electron chi connectivity index (χ1n) is 9.29. The smallest absolute Gasteiger partial charge is 0.161 e.